The topological polar surface area (TPSA) is 79.7 Å². The number of pyridine rings is 1. The third kappa shape index (κ3) is 5.18. The first kappa shape index (κ1) is 24.9. The van der Waals surface area contributed by atoms with Crippen molar-refractivity contribution in [2.24, 2.45) is 0 Å². The quantitative estimate of drug-likeness (QED) is 0.196. The van der Waals surface area contributed by atoms with E-state index in [2.05, 4.69) is 4.98 Å². The molecule has 3 aromatic carbocycles. The number of ether oxygens (including phenoxy) is 1. The molecule has 2 heterocycles. The first-order valence-corrected chi connectivity index (χ1v) is 12.1. The van der Waals surface area contributed by atoms with Gasteiger partial charge in [-0.25, -0.2) is 4.39 Å². The van der Waals surface area contributed by atoms with Crippen LogP contribution in [-0.4, -0.2) is 26.7 Å². The number of carbonyl (C=O) groups is 2. The molecule has 0 spiro atoms. The number of aliphatic hydroxyl groups excluding tert-OH is 1. The molecule has 190 valence electrons. The fourth-order valence-corrected chi connectivity index (χ4v) is 4.56. The Bertz CT molecular complexity index is 1500. The van der Waals surface area contributed by atoms with E-state index in [1.165, 1.54) is 29.2 Å². The van der Waals surface area contributed by atoms with Crippen molar-refractivity contribution in [3.8, 4) is 5.75 Å². The summed E-state index contributed by atoms with van der Waals surface area (Å²) in [5.41, 5.74) is 3.70. The van der Waals surface area contributed by atoms with Crippen LogP contribution in [0.3, 0.4) is 0 Å². The highest BCUT2D eigenvalue weighted by Crippen LogP contribution is 2.40. The summed E-state index contributed by atoms with van der Waals surface area (Å²) in [5, 5.41) is 11.3. The lowest BCUT2D eigenvalue weighted by atomic mass is 9.95. The van der Waals surface area contributed by atoms with Gasteiger partial charge in [-0.15, -0.1) is 0 Å². The van der Waals surface area contributed by atoms with Crippen molar-refractivity contribution in [1.82, 2.24) is 9.88 Å². The van der Waals surface area contributed by atoms with E-state index in [1.54, 1.807) is 48.8 Å². The maximum absolute atomic E-state index is 13.7. The Hall–Kier alpha value is -4.78. The Morgan fingerprint density at radius 1 is 0.974 bits per heavy atom. The highest BCUT2D eigenvalue weighted by molar-refractivity contribution is 6.46. The fourth-order valence-electron chi connectivity index (χ4n) is 4.56. The van der Waals surface area contributed by atoms with Crippen molar-refractivity contribution in [1.29, 1.82) is 0 Å². The molecule has 7 heteroatoms. The van der Waals surface area contributed by atoms with Gasteiger partial charge < -0.3 is 14.7 Å². The predicted octanol–water partition coefficient (Wildman–Crippen LogP) is 5.73. The van der Waals surface area contributed by atoms with Gasteiger partial charge in [0.1, 0.15) is 23.9 Å². The minimum atomic E-state index is -0.895. The Kier molecular flexibility index (Phi) is 7.00. The summed E-state index contributed by atoms with van der Waals surface area (Å²) < 4.78 is 19.6. The Morgan fingerprint density at radius 3 is 2.39 bits per heavy atom. The number of nitrogens with zero attached hydrogens (tertiary/aromatic N) is 2. The van der Waals surface area contributed by atoms with Gasteiger partial charge in [0.2, 0.25) is 0 Å². The zero-order valence-electron chi connectivity index (χ0n) is 20.7. The lowest BCUT2D eigenvalue weighted by Crippen LogP contribution is -2.29. The molecule has 1 amide bonds. The molecular weight excluding hydrogens is 483 g/mol. The zero-order valence-corrected chi connectivity index (χ0v) is 20.7. The first-order valence-electron chi connectivity index (χ1n) is 12.1. The normalized spacial score (nSPS) is 16.6. The van der Waals surface area contributed by atoms with Crippen molar-refractivity contribution in [2.45, 2.75) is 26.1 Å². The van der Waals surface area contributed by atoms with Gasteiger partial charge in [-0.1, -0.05) is 48.0 Å². The Morgan fingerprint density at radius 2 is 1.71 bits per heavy atom. The smallest absolute Gasteiger partial charge is 0.295 e. The average Bonchev–Trinajstić information content (AvgIpc) is 3.18. The van der Waals surface area contributed by atoms with Crippen LogP contribution in [-0.2, 0) is 22.7 Å². The number of aryl methyl sites for hydroxylation is 1. The molecule has 0 radical (unpaired) electrons. The molecule has 0 unspecified atom stereocenters. The molecule has 1 N–H and O–H groups in total. The molecule has 1 atom stereocenters. The number of likely N-dealkylation sites (tertiary alicyclic amines) is 1. The van der Waals surface area contributed by atoms with Crippen LogP contribution in [0.1, 0.15) is 33.9 Å². The molecule has 38 heavy (non-hydrogen) atoms. The summed E-state index contributed by atoms with van der Waals surface area (Å²) in [6, 6.07) is 22.9. The molecule has 4 aromatic rings. The lowest BCUT2D eigenvalue weighted by molar-refractivity contribution is -0.140. The standard InChI is InChI=1S/C31H25FN2O4/c1-20-4-2-5-21(16-20)19-38-26-13-9-24(10-14-26)29(35)27-28(23-7-11-25(32)12-8-23)34(31(37)30(27)36)18-22-6-3-15-33-17-22/h2-17,28,35H,18-19H2,1H3/b29-27+/t28-/m0/s1. The SMILES string of the molecule is Cc1cccc(COc2ccc(/C(O)=C3\C(=O)C(=O)N(Cc4cccnc4)[C@H]3c3ccc(F)cc3)cc2)c1. The predicted molar refractivity (Wildman–Crippen MR) is 140 cm³/mol. The summed E-state index contributed by atoms with van der Waals surface area (Å²) in [7, 11) is 0. The number of aromatic nitrogens is 1. The summed E-state index contributed by atoms with van der Waals surface area (Å²) in [6.45, 7) is 2.50. The van der Waals surface area contributed by atoms with E-state index >= 15 is 0 Å². The van der Waals surface area contributed by atoms with Crippen LogP contribution in [0.4, 0.5) is 4.39 Å². The number of amides is 1. The summed E-state index contributed by atoms with van der Waals surface area (Å²) >= 11 is 0. The number of carbonyl (C=O) groups excluding carboxylic acids is 2. The van der Waals surface area contributed by atoms with Crippen molar-refractivity contribution in [3.63, 3.8) is 0 Å². The van der Waals surface area contributed by atoms with E-state index in [4.69, 9.17) is 4.74 Å². The van der Waals surface area contributed by atoms with Gasteiger partial charge >= 0.3 is 0 Å². The molecule has 6 nitrogen and oxygen atoms in total. The van der Waals surface area contributed by atoms with E-state index < -0.39 is 23.5 Å². The number of rotatable bonds is 7. The van der Waals surface area contributed by atoms with Crippen LogP contribution in [0.25, 0.3) is 5.76 Å². The van der Waals surface area contributed by atoms with Crippen molar-refractivity contribution in [3.05, 3.63) is 137 Å². The second kappa shape index (κ2) is 10.7. The highest BCUT2D eigenvalue weighted by Gasteiger charge is 2.46. The lowest BCUT2D eigenvalue weighted by Gasteiger charge is -2.25. The van der Waals surface area contributed by atoms with Gasteiger partial charge in [-0.05, 0) is 66.1 Å². The summed E-state index contributed by atoms with van der Waals surface area (Å²) in [5.74, 6) is -1.71. The van der Waals surface area contributed by atoms with Gasteiger partial charge in [-0.3, -0.25) is 14.6 Å². The fraction of sp³-hybridized carbons (Fsp3) is 0.129. The number of ketones is 1. The first-order chi connectivity index (χ1) is 18.4. The average molecular weight is 509 g/mol. The number of hydrogen-bond acceptors (Lipinski definition) is 5. The van der Waals surface area contributed by atoms with Crippen LogP contribution in [0.2, 0.25) is 0 Å². The van der Waals surface area contributed by atoms with Gasteiger partial charge in [0.15, 0.2) is 0 Å². The van der Waals surface area contributed by atoms with Crippen LogP contribution in [0, 0.1) is 12.7 Å². The van der Waals surface area contributed by atoms with Crippen molar-refractivity contribution < 1.29 is 23.8 Å². The van der Waals surface area contributed by atoms with Gasteiger partial charge in [0.25, 0.3) is 11.7 Å². The highest BCUT2D eigenvalue weighted by atomic mass is 19.1. The van der Waals surface area contributed by atoms with Gasteiger partial charge in [0.05, 0.1) is 11.6 Å². The third-order valence-electron chi connectivity index (χ3n) is 6.42. The molecule has 0 saturated carbocycles. The van der Waals surface area contributed by atoms with E-state index in [0.29, 0.717) is 23.5 Å². The molecule has 1 saturated heterocycles. The Balaban J connectivity index is 1.47. The molecule has 5 rings (SSSR count). The van der Waals surface area contributed by atoms with Gasteiger partial charge in [0, 0.05) is 24.5 Å². The molecule has 1 aliphatic rings. The van der Waals surface area contributed by atoms with Crippen LogP contribution < -0.4 is 4.74 Å². The van der Waals surface area contributed by atoms with E-state index in [1.807, 2.05) is 31.2 Å². The minimum Gasteiger partial charge on any atom is -0.507 e. The summed E-state index contributed by atoms with van der Waals surface area (Å²) in [4.78, 5) is 31.8. The van der Waals surface area contributed by atoms with Crippen LogP contribution in [0.15, 0.2) is 103 Å². The molecule has 1 aliphatic heterocycles. The number of benzene rings is 3. The zero-order chi connectivity index (χ0) is 26.6. The molecule has 0 bridgehead atoms. The third-order valence-corrected chi connectivity index (χ3v) is 6.42. The molecular formula is C31H25FN2O4. The maximum Gasteiger partial charge on any atom is 0.295 e. The number of hydrogen-bond donors (Lipinski definition) is 1. The largest absolute Gasteiger partial charge is 0.507 e. The van der Waals surface area contributed by atoms with Crippen LogP contribution >= 0.6 is 0 Å². The Labute approximate surface area is 219 Å². The molecule has 1 aromatic heterocycles. The molecule has 0 aliphatic carbocycles. The second-order valence-corrected chi connectivity index (χ2v) is 9.14. The monoisotopic (exact) mass is 508 g/mol. The summed E-state index contributed by atoms with van der Waals surface area (Å²) in [6.07, 6.45) is 3.22. The maximum atomic E-state index is 13.7. The van der Waals surface area contributed by atoms with Crippen molar-refractivity contribution >= 4 is 17.4 Å². The number of aliphatic hydroxyl groups is 1. The second-order valence-electron chi connectivity index (χ2n) is 9.14. The minimum absolute atomic E-state index is 0.0565. The van der Waals surface area contributed by atoms with E-state index in [9.17, 15) is 19.1 Å². The number of Topliss-reactive ketones (excluding diaryl/α,β-unsaturated/α-hetero) is 1. The van der Waals surface area contributed by atoms with E-state index in [0.717, 1.165) is 16.7 Å². The van der Waals surface area contributed by atoms with Gasteiger partial charge in [-0.2, -0.15) is 0 Å². The molecule has 1 fully saturated rings. The van der Waals surface area contributed by atoms with Crippen molar-refractivity contribution in [2.75, 3.05) is 0 Å². The number of halogens is 1. The van der Waals surface area contributed by atoms with E-state index in [-0.39, 0.29) is 17.9 Å². The van der Waals surface area contributed by atoms with Crippen LogP contribution in [0.5, 0.6) is 5.75 Å².